The molecule has 0 saturated carbocycles. The van der Waals surface area contributed by atoms with E-state index in [1.54, 1.807) is 4.68 Å². The van der Waals surface area contributed by atoms with Crippen molar-refractivity contribution in [1.82, 2.24) is 20.1 Å². The van der Waals surface area contributed by atoms with Crippen molar-refractivity contribution < 1.29 is 18.0 Å². The molecule has 134 valence electrons. The summed E-state index contributed by atoms with van der Waals surface area (Å²) in [6, 6.07) is 2.31. The number of pyridine rings is 1. The fourth-order valence-corrected chi connectivity index (χ4v) is 3.11. The lowest BCUT2D eigenvalue weighted by atomic mass is 9.94. The number of carbonyl (C=O) groups excluding carboxylic acids is 1. The first-order valence-electron chi connectivity index (χ1n) is 7.92. The molecule has 0 unspecified atom stereocenters. The largest absolute Gasteiger partial charge is 0.418 e. The second kappa shape index (κ2) is 6.83. The molecular formula is C16H18F3N5O. The third kappa shape index (κ3) is 3.81. The highest BCUT2D eigenvalue weighted by Crippen LogP contribution is 2.31. The summed E-state index contributed by atoms with van der Waals surface area (Å²) < 4.78 is 40.6. The minimum absolute atomic E-state index is 0.0197. The molecular weight excluding hydrogens is 335 g/mol. The summed E-state index contributed by atoms with van der Waals surface area (Å²) in [5.74, 6) is -0.321. The number of alkyl halides is 3. The van der Waals surface area contributed by atoms with Gasteiger partial charge in [-0.1, -0.05) is 0 Å². The molecule has 9 heteroatoms. The molecule has 0 radical (unpaired) electrons. The number of hydrogen-bond acceptors (Lipinski definition) is 4. The molecule has 0 aliphatic carbocycles. The monoisotopic (exact) mass is 353 g/mol. The second-order valence-electron chi connectivity index (χ2n) is 6.08. The van der Waals surface area contributed by atoms with Gasteiger partial charge in [0.05, 0.1) is 28.7 Å². The first kappa shape index (κ1) is 17.4. The molecule has 2 aromatic rings. The van der Waals surface area contributed by atoms with E-state index in [1.807, 2.05) is 0 Å². The summed E-state index contributed by atoms with van der Waals surface area (Å²) in [7, 11) is 0. The summed E-state index contributed by atoms with van der Waals surface area (Å²) in [6.45, 7) is 1.22. The van der Waals surface area contributed by atoms with Gasteiger partial charge in [-0.2, -0.15) is 18.3 Å². The average molecular weight is 353 g/mol. The summed E-state index contributed by atoms with van der Waals surface area (Å²) >= 11 is 0. The number of hydrogen-bond donors (Lipinski definition) is 2. The molecule has 6 nitrogen and oxygen atoms in total. The molecule has 2 aromatic heterocycles. The van der Waals surface area contributed by atoms with Gasteiger partial charge >= 0.3 is 6.18 Å². The van der Waals surface area contributed by atoms with E-state index in [0.717, 1.165) is 18.2 Å². The molecule has 25 heavy (non-hydrogen) atoms. The maximum absolute atomic E-state index is 13.0. The molecule has 1 amide bonds. The Morgan fingerprint density at radius 1 is 1.44 bits per heavy atom. The van der Waals surface area contributed by atoms with Crippen LogP contribution >= 0.6 is 0 Å². The Morgan fingerprint density at radius 2 is 2.24 bits per heavy atom. The normalized spacial score (nSPS) is 17.3. The van der Waals surface area contributed by atoms with Gasteiger partial charge in [0, 0.05) is 19.3 Å². The topological polar surface area (TPSA) is 85.8 Å². The minimum Gasteiger partial charge on any atom is -0.365 e. The van der Waals surface area contributed by atoms with Crippen LogP contribution < -0.4 is 11.1 Å². The minimum atomic E-state index is -4.42. The molecule has 0 aromatic carbocycles. The molecule has 3 rings (SSSR count). The average Bonchev–Trinajstić information content (AvgIpc) is 2.98. The zero-order valence-corrected chi connectivity index (χ0v) is 13.4. The highest BCUT2D eigenvalue weighted by Gasteiger charge is 2.33. The first-order chi connectivity index (χ1) is 11.9. The summed E-state index contributed by atoms with van der Waals surface area (Å²) in [4.78, 5) is 15.2. The first-order valence-corrected chi connectivity index (χ1v) is 7.92. The van der Waals surface area contributed by atoms with Crippen molar-refractivity contribution >= 4 is 5.91 Å². The Kier molecular flexibility index (Phi) is 4.76. The number of primary amides is 1. The fourth-order valence-electron chi connectivity index (χ4n) is 3.11. The third-order valence-electron chi connectivity index (χ3n) is 4.37. The number of nitrogens with one attached hydrogen (secondary N) is 1. The SMILES string of the molecule is NC(=O)c1cnn2c1C[C@@H](CNCc1ncccc1C(F)(F)F)CC2. The lowest BCUT2D eigenvalue weighted by Crippen LogP contribution is -2.31. The zero-order valence-electron chi connectivity index (χ0n) is 13.4. The van der Waals surface area contributed by atoms with Crippen molar-refractivity contribution in [2.75, 3.05) is 6.54 Å². The van der Waals surface area contributed by atoms with Crippen LogP contribution in [0, 0.1) is 5.92 Å². The van der Waals surface area contributed by atoms with Gasteiger partial charge in [-0.05, 0) is 37.4 Å². The fraction of sp³-hybridized carbons (Fsp3) is 0.438. The highest BCUT2D eigenvalue weighted by atomic mass is 19.4. The van der Waals surface area contributed by atoms with Crippen LogP contribution in [0.5, 0.6) is 0 Å². The van der Waals surface area contributed by atoms with Gasteiger partial charge in [0.1, 0.15) is 0 Å². The lowest BCUT2D eigenvalue weighted by molar-refractivity contribution is -0.138. The Bertz CT molecular complexity index is 771. The van der Waals surface area contributed by atoms with E-state index >= 15 is 0 Å². The number of carbonyl (C=O) groups is 1. The molecule has 3 N–H and O–H groups in total. The van der Waals surface area contributed by atoms with Gasteiger partial charge in [0.2, 0.25) is 0 Å². The standard InChI is InChI=1S/C16H18F3N5O/c17-16(18,19)12-2-1-4-22-13(12)9-21-7-10-3-5-24-14(6-10)11(8-23-24)15(20)25/h1-2,4,8,10,21H,3,5-7,9H2,(H2,20,25)/t10-/m0/s1. The molecule has 0 bridgehead atoms. The van der Waals surface area contributed by atoms with Crippen LogP contribution in [0.2, 0.25) is 0 Å². The van der Waals surface area contributed by atoms with Crippen molar-refractivity contribution in [3.8, 4) is 0 Å². The maximum atomic E-state index is 13.0. The molecule has 0 fully saturated rings. The van der Waals surface area contributed by atoms with Crippen molar-refractivity contribution in [2.24, 2.45) is 11.7 Å². The van der Waals surface area contributed by atoms with E-state index in [0.29, 0.717) is 25.1 Å². The van der Waals surface area contributed by atoms with Gasteiger partial charge in [-0.3, -0.25) is 14.5 Å². The number of fused-ring (bicyclic) bond motifs is 1. The van der Waals surface area contributed by atoms with E-state index in [1.165, 1.54) is 18.5 Å². The van der Waals surface area contributed by atoms with Crippen LogP contribution in [0.1, 0.15) is 33.7 Å². The van der Waals surface area contributed by atoms with Crippen LogP contribution in [-0.4, -0.2) is 27.2 Å². The number of rotatable bonds is 5. The zero-order chi connectivity index (χ0) is 18.0. The predicted octanol–water partition coefficient (Wildman–Crippen LogP) is 1.75. The maximum Gasteiger partial charge on any atom is 0.418 e. The predicted molar refractivity (Wildman–Crippen MR) is 83.5 cm³/mol. The highest BCUT2D eigenvalue weighted by molar-refractivity contribution is 5.93. The number of aryl methyl sites for hydroxylation is 1. The van der Waals surface area contributed by atoms with Crippen LogP contribution in [0.3, 0.4) is 0 Å². The number of aromatic nitrogens is 3. The molecule has 3 heterocycles. The van der Waals surface area contributed by atoms with Crippen molar-refractivity contribution in [1.29, 1.82) is 0 Å². The quantitative estimate of drug-likeness (QED) is 0.857. The van der Waals surface area contributed by atoms with Gasteiger partial charge in [-0.25, -0.2) is 0 Å². The van der Waals surface area contributed by atoms with E-state index in [-0.39, 0.29) is 18.2 Å². The molecule has 1 aliphatic rings. The molecule has 1 atom stereocenters. The Balaban J connectivity index is 1.61. The summed E-state index contributed by atoms with van der Waals surface area (Å²) in [6.07, 6.45) is -0.158. The van der Waals surface area contributed by atoms with E-state index in [4.69, 9.17) is 5.73 Å². The van der Waals surface area contributed by atoms with Gasteiger partial charge in [0.15, 0.2) is 0 Å². The second-order valence-corrected chi connectivity index (χ2v) is 6.08. The Morgan fingerprint density at radius 3 is 2.96 bits per heavy atom. The van der Waals surface area contributed by atoms with Crippen molar-refractivity contribution in [3.05, 3.63) is 47.0 Å². The number of amides is 1. The van der Waals surface area contributed by atoms with Crippen molar-refractivity contribution in [2.45, 2.75) is 32.1 Å². The van der Waals surface area contributed by atoms with Crippen LogP contribution in [-0.2, 0) is 25.7 Å². The molecule has 1 aliphatic heterocycles. The van der Waals surface area contributed by atoms with Crippen molar-refractivity contribution in [3.63, 3.8) is 0 Å². The van der Waals surface area contributed by atoms with E-state index in [9.17, 15) is 18.0 Å². The number of nitrogens with two attached hydrogens (primary N) is 1. The van der Waals surface area contributed by atoms with Crippen LogP contribution in [0.4, 0.5) is 13.2 Å². The number of halogens is 3. The summed E-state index contributed by atoms with van der Waals surface area (Å²) in [5.41, 5.74) is 5.80. The van der Waals surface area contributed by atoms with E-state index in [2.05, 4.69) is 15.4 Å². The van der Waals surface area contributed by atoms with E-state index < -0.39 is 17.6 Å². The molecule has 0 spiro atoms. The number of nitrogens with zero attached hydrogens (tertiary/aromatic N) is 3. The smallest absolute Gasteiger partial charge is 0.365 e. The third-order valence-corrected chi connectivity index (χ3v) is 4.37. The Labute approximate surface area is 142 Å². The Hall–Kier alpha value is -2.42. The lowest BCUT2D eigenvalue weighted by Gasteiger charge is -2.24. The summed E-state index contributed by atoms with van der Waals surface area (Å²) in [5, 5.41) is 7.19. The van der Waals surface area contributed by atoms with Crippen LogP contribution in [0.15, 0.2) is 24.5 Å². The van der Waals surface area contributed by atoms with Gasteiger partial charge < -0.3 is 11.1 Å². The van der Waals surface area contributed by atoms with Crippen LogP contribution in [0.25, 0.3) is 0 Å². The van der Waals surface area contributed by atoms with Gasteiger partial charge in [-0.15, -0.1) is 0 Å². The molecule has 0 saturated heterocycles. The van der Waals surface area contributed by atoms with Gasteiger partial charge in [0.25, 0.3) is 5.91 Å².